The number of anilines is 2. The van der Waals surface area contributed by atoms with E-state index in [2.05, 4.69) is 31.3 Å². The number of carbonyl (C=O) groups is 2. The van der Waals surface area contributed by atoms with Gasteiger partial charge in [0.05, 0.1) is 11.3 Å². The van der Waals surface area contributed by atoms with Gasteiger partial charge < -0.3 is 21.1 Å². The van der Waals surface area contributed by atoms with Crippen LogP contribution >= 0.6 is 27.5 Å². The van der Waals surface area contributed by atoms with Crippen LogP contribution in [-0.2, 0) is 0 Å². The Kier molecular flexibility index (Phi) is 5.98. The van der Waals surface area contributed by atoms with Crippen LogP contribution in [0, 0.1) is 0 Å². The number of rotatable bonds is 4. The molecule has 0 fully saturated rings. The molecule has 0 atom stereocenters. The number of carbonyl (C=O) groups excluding carboxylic acids is 2. The lowest BCUT2D eigenvalue weighted by Gasteiger charge is -2.14. The number of hydrogen-bond donors (Lipinski definition) is 3. The summed E-state index contributed by atoms with van der Waals surface area (Å²) < 4.78 is 41.3. The third-order valence-corrected chi connectivity index (χ3v) is 3.53. The average molecular weight is 453 g/mol. The highest BCUT2D eigenvalue weighted by Gasteiger charge is 2.31. The van der Waals surface area contributed by atoms with E-state index in [9.17, 15) is 22.8 Å². The largest absolute Gasteiger partial charge is 0.573 e. The molecule has 0 radical (unpaired) electrons. The Hall–Kier alpha value is -2.46. The van der Waals surface area contributed by atoms with E-state index in [1.165, 1.54) is 6.07 Å². The molecule has 138 valence electrons. The SMILES string of the molecule is NC(=O)c1ccc(OC(F)(F)F)cc1NC(=O)Nc1cc(Cl)cc(Br)c1. The van der Waals surface area contributed by atoms with E-state index in [1.54, 1.807) is 12.1 Å². The van der Waals surface area contributed by atoms with Crippen LogP contribution in [0.1, 0.15) is 10.4 Å². The number of amides is 3. The fraction of sp³-hybridized carbons (Fsp3) is 0.0667. The van der Waals surface area contributed by atoms with Crippen molar-refractivity contribution in [1.29, 1.82) is 0 Å². The zero-order chi connectivity index (χ0) is 19.5. The maximum atomic E-state index is 12.3. The molecule has 0 unspecified atom stereocenters. The first kappa shape index (κ1) is 19.9. The van der Waals surface area contributed by atoms with Gasteiger partial charge >= 0.3 is 12.4 Å². The molecule has 0 aliphatic heterocycles. The number of halogens is 5. The molecule has 0 spiro atoms. The van der Waals surface area contributed by atoms with Gasteiger partial charge in [-0.05, 0) is 30.3 Å². The quantitative estimate of drug-likeness (QED) is 0.625. The Morgan fingerprint density at radius 2 is 1.81 bits per heavy atom. The van der Waals surface area contributed by atoms with Crippen molar-refractivity contribution in [2.24, 2.45) is 5.73 Å². The first-order chi connectivity index (χ1) is 12.0. The van der Waals surface area contributed by atoms with Crippen LogP contribution in [0.3, 0.4) is 0 Å². The normalized spacial score (nSPS) is 11.0. The lowest BCUT2D eigenvalue weighted by atomic mass is 10.1. The second-order valence-electron chi connectivity index (χ2n) is 4.86. The summed E-state index contributed by atoms with van der Waals surface area (Å²) >= 11 is 9.05. The summed E-state index contributed by atoms with van der Waals surface area (Å²) in [6.07, 6.45) is -4.93. The number of alkyl halides is 3. The maximum Gasteiger partial charge on any atom is 0.573 e. The van der Waals surface area contributed by atoms with E-state index in [-0.39, 0.29) is 11.3 Å². The van der Waals surface area contributed by atoms with Gasteiger partial charge in [0, 0.05) is 21.2 Å². The molecule has 6 nitrogen and oxygen atoms in total. The highest BCUT2D eigenvalue weighted by atomic mass is 79.9. The molecular weight excluding hydrogens is 443 g/mol. The lowest BCUT2D eigenvalue weighted by Crippen LogP contribution is -2.23. The molecule has 2 aromatic carbocycles. The molecule has 11 heteroatoms. The monoisotopic (exact) mass is 451 g/mol. The highest BCUT2D eigenvalue weighted by molar-refractivity contribution is 9.10. The van der Waals surface area contributed by atoms with Gasteiger partial charge in [-0.1, -0.05) is 27.5 Å². The number of ether oxygens (including phenoxy) is 1. The molecule has 4 N–H and O–H groups in total. The Labute approximate surface area is 158 Å². The van der Waals surface area contributed by atoms with Crippen molar-refractivity contribution in [2.45, 2.75) is 6.36 Å². The summed E-state index contributed by atoms with van der Waals surface area (Å²) in [6.45, 7) is 0. The molecule has 2 aromatic rings. The number of nitrogens with two attached hydrogens (primary N) is 1. The minimum atomic E-state index is -4.93. The Morgan fingerprint density at radius 1 is 1.12 bits per heavy atom. The highest BCUT2D eigenvalue weighted by Crippen LogP contribution is 2.28. The van der Waals surface area contributed by atoms with Crippen LogP contribution < -0.4 is 21.1 Å². The van der Waals surface area contributed by atoms with Crippen LogP contribution in [0.15, 0.2) is 40.9 Å². The van der Waals surface area contributed by atoms with Crippen LogP contribution in [0.25, 0.3) is 0 Å². The number of hydrogen-bond acceptors (Lipinski definition) is 3. The van der Waals surface area contributed by atoms with Crippen molar-refractivity contribution in [2.75, 3.05) is 10.6 Å². The molecule has 2 rings (SSSR count). The predicted octanol–water partition coefficient (Wildman–Crippen LogP) is 4.74. The second-order valence-corrected chi connectivity index (χ2v) is 6.21. The van der Waals surface area contributed by atoms with Gasteiger partial charge in [0.2, 0.25) is 0 Å². The van der Waals surface area contributed by atoms with Gasteiger partial charge in [-0.2, -0.15) is 0 Å². The lowest BCUT2D eigenvalue weighted by molar-refractivity contribution is -0.274. The maximum absolute atomic E-state index is 12.3. The van der Waals surface area contributed by atoms with E-state index in [0.29, 0.717) is 15.2 Å². The van der Waals surface area contributed by atoms with E-state index < -0.39 is 24.1 Å². The van der Waals surface area contributed by atoms with Crippen molar-refractivity contribution < 1.29 is 27.5 Å². The summed E-state index contributed by atoms with van der Waals surface area (Å²) in [5, 5.41) is 5.02. The molecule has 0 saturated carbocycles. The first-order valence-corrected chi connectivity index (χ1v) is 7.94. The molecule has 0 bridgehead atoms. The van der Waals surface area contributed by atoms with Crippen LogP contribution in [0.5, 0.6) is 5.75 Å². The minimum Gasteiger partial charge on any atom is -0.406 e. The number of benzene rings is 2. The van der Waals surface area contributed by atoms with Crippen LogP contribution in [0.2, 0.25) is 5.02 Å². The average Bonchev–Trinajstić information content (AvgIpc) is 2.43. The Morgan fingerprint density at radius 3 is 2.38 bits per heavy atom. The Bertz CT molecular complexity index is 842. The fourth-order valence-corrected chi connectivity index (χ4v) is 2.81. The second kappa shape index (κ2) is 7.83. The smallest absolute Gasteiger partial charge is 0.406 e. The molecule has 0 heterocycles. The van der Waals surface area contributed by atoms with Gasteiger partial charge in [-0.3, -0.25) is 4.79 Å². The van der Waals surface area contributed by atoms with Crippen molar-refractivity contribution in [1.82, 2.24) is 0 Å². The van der Waals surface area contributed by atoms with Gasteiger partial charge in [0.1, 0.15) is 5.75 Å². The van der Waals surface area contributed by atoms with Crippen LogP contribution in [-0.4, -0.2) is 18.3 Å². The van der Waals surface area contributed by atoms with Crippen molar-refractivity contribution in [3.63, 3.8) is 0 Å². The minimum absolute atomic E-state index is 0.193. The van der Waals surface area contributed by atoms with Crippen LogP contribution in [0.4, 0.5) is 29.3 Å². The van der Waals surface area contributed by atoms with E-state index in [1.807, 2.05) is 0 Å². The van der Waals surface area contributed by atoms with Gasteiger partial charge in [-0.15, -0.1) is 13.2 Å². The van der Waals surface area contributed by atoms with Gasteiger partial charge in [-0.25, -0.2) is 4.79 Å². The van der Waals surface area contributed by atoms with E-state index >= 15 is 0 Å². The number of urea groups is 1. The molecule has 0 aliphatic carbocycles. The molecular formula is C15H10BrClF3N3O3. The zero-order valence-corrected chi connectivity index (χ0v) is 15.0. The molecule has 26 heavy (non-hydrogen) atoms. The molecule has 0 saturated heterocycles. The predicted molar refractivity (Wildman–Crippen MR) is 93.4 cm³/mol. The molecule has 3 amide bonds. The zero-order valence-electron chi connectivity index (χ0n) is 12.7. The summed E-state index contributed by atoms with van der Waals surface area (Å²) in [5.41, 5.74) is 5.03. The van der Waals surface area contributed by atoms with E-state index in [0.717, 1.165) is 18.2 Å². The third-order valence-electron chi connectivity index (χ3n) is 2.86. The standard InChI is InChI=1S/C15H10BrClF3N3O3/c16-7-3-8(17)5-9(4-7)22-14(25)23-12-6-10(26-15(18,19)20)1-2-11(12)13(21)24/h1-6H,(H2,21,24)(H2,22,23,25). The van der Waals surface area contributed by atoms with Crippen molar-refractivity contribution in [3.05, 3.63) is 51.5 Å². The first-order valence-electron chi connectivity index (χ1n) is 6.77. The molecule has 0 aliphatic rings. The fourth-order valence-electron chi connectivity index (χ4n) is 1.95. The topological polar surface area (TPSA) is 93.5 Å². The molecule has 0 aromatic heterocycles. The Balaban J connectivity index is 2.23. The van der Waals surface area contributed by atoms with Crippen molar-refractivity contribution in [3.8, 4) is 5.75 Å². The summed E-state index contributed by atoms with van der Waals surface area (Å²) in [6, 6.07) is 6.51. The van der Waals surface area contributed by atoms with E-state index in [4.69, 9.17) is 17.3 Å². The van der Waals surface area contributed by atoms with Gasteiger partial charge in [0.15, 0.2) is 0 Å². The number of nitrogens with one attached hydrogen (secondary N) is 2. The van der Waals surface area contributed by atoms with Gasteiger partial charge in [0.25, 0.3) is 5.91 Å². The summed E-state index contributed by atoms with van der Waals surface area (Å²) in [7, 11) is 0. The third kappa shape index (κ3) is 5.81. The summed E-state index contributed by atoms with van der Waals surface area (Å²) in [5.74, 6) is -1.56. The van der Waals surface area contributed by atoms with Crippen molar-refractivity contribution >= 4 is 50.8 Å². The number of primary amides is 1. The summed E-state index contributed by atoms with van der Waals surface area (Å²) in [4.78, 5) is 23.5.